The third kappa shape index (κ3) is 16.2. The highest BCUT2D eigenvalue weighted by Crippen LogP contribution is 2.89. The van der Waals surface area contributed by atoms with Crippen LogP contribution >= 0.6 is 0 Å². The zero-order chi connectivity index (χ0) is 81.6. The van der Waals surface area contributed by atoms with Crippen LogP contribution < -0.4 is 10.4 Å². The van der Waals surface area contributed by atoms with Crippen molar-refractivity contribution < 1.29 is 127 Å². The molecule has 8 saturated carbocycles. The predicted octanol–water partition coefficient (Wildman–Crippen LogP) is 5.60. The smallest absolute Gasteiger partial charge is 0.307 e. The molecule has 0 radical (unpaired) electrons. The summed E-state index contributed by atoms with van der Waals surface area (Å²) in [6.45, 7) is 33.0. The number of allylic oxidation sites excluding steroid dienone is 4. The van der Waals surface area contributed by atoms with Gasteiger partial charge in [0.05, 0.1) is 46.1 Å². The lowest BCUT2D eigenvalue weighted by Crippen LogP contribution is -2.83. The summed E-state index contributed by atoms with van der Waals surface area (Å²) >= 11 is 0. The molecular weight excluding hydrogens is 1410 g/mol. The SMILES string of the molecule is C=C(C(=O)[C@H](OC(=O)CCC(=O)O)[C@@H](C)[C@H]1[C@@H](OC(C)=O)C[C@@]2(C)C3CCC4[C@H](C)C(=O)C=C[C@@]45C[C@@]35CC[C@]12C)[C@@H](C)COC(C)=O.C=C(C(=O)[C@H](OC(=O)CCC(=O)[O-])[C@@H](C)[C@H]1[C@@H](OC(C)=O)C[C@@]2(C)C3CCC4[C@H](C)C(=O)C=C[C@@]45C[C@@]35CC[C@]12C)[C@@H](C)COC(C)=O.C[NH2+]C[C@H](O)[C@@H](O)[C@H](O)[C@H](O)CO. The van der Waals surface area contributed by atoms with Crippen LogP contribution in [0.15, 0.2) is 48.6 Å². The molecule has 0 aromatic heterocycles. The van der Waals surface area contributed by atoms with E-state index < -0.39 is 175 Å². The zero-order valence-electron chi connectivity index (χ0n) is 66.4. The van der Waals surface area contributed by atoms with E-state index in [9.17, 15) is 78.0 Å². The highest BCUT2D eigenvalue weighted by atomic mass is 16.6. The van der Waals surface area contributed by atoms with Gasteiger partial charge in [-0.05, 0) is 174 Å². The van der Waals surface area contributed by atoms with Gasteiger partial charge < -0.3 is 74.3 Å². The second-order valence-electron chi connectivity index (χ2n) is 35.1. The molecule has 0 aromatic rings. The summed E-state index contributed by atoms with van der Waals surface area (Å²) in [6.07, 6.45) is 7.51. The summed E-state index contributed by atoms with van der Waals surface area (Å²) in [5, 5.41) is 66.9. The van der Waals surface area contributed by atoms with Gasteiger partial charge in [-0.2, -0.15) is 0 Å². The van der Waals surface area contributed by atoms with Gasteiger partial charge >= 0.3 is 41.8 Å². The molecule has 26 nitrogen and oxygen atoms in total. The highest BCUT2D eigenvalue weighted by molar-refractivity contribution is 6.01. The number of rotatable bonds is 30. The largest absolute Gasteiger partial charge is 0.550 e. The van der Waals surface area contributed by atoms with Crippen molar-refractivity contribution in [3.8, 4) is 0 Å². The molecule has 0 heterocycles. The maximum Gasteiger partial charge on any atom is 0.307 e. The van der Waals surface area contributed by atoms with E-state index in [1.807, 2.05) is 13.8 Å². The van der Waals surface area contributed by atoms with E-state index in [2.05, 4.69) is 66.9 Å². The number of aliphatic hydroxyl groups is 5. The molecule has 0 aliphatic heterocycles. The lowest BCUT2D eigenvalue weighted by molar-refractivity contribution is -0.635. The van der Waals surface area contributed by atoms with Gasteiger partial charge in [-0.1, -0.05) is 94.5 Å². The van der Waals surface area contributed by atoms with Gasteiger partial charge in [0.15, 0.2) is 35.3 Å². The Morgan fingerprint density at radius 1 is 0.560 bits per heavy atom. The normalized spacial score (nSPS) is 37.1. The Balaban J connectivity index is 0.000000236. The van der Waals surface area contributed by atoms with E-state index in [-0.39, 0.29) is 98.6 Å². The number of carboxylic acids is 2. The molecule has 608 valence electrons. The first-order chi connectivity index (χ1) is 50.7. The minimum absolute atomic E-state index is 0.000468. The van der Waals surface area contributed by atoms with E-state index in [1.165, 1.54) is 27.7 Å². The van der Waals surface area contributed by atoms with Gasteiger partial charge in [-0.25, -0.2) is 0 Å². The highest BCUT2D eigenvalue weighted by Gasteiger charge is 2.84. The molecule has 0 aromatic carbocycles. The number of ketones is 4. The molecule has 0 bridgehead atoms. The molecule has 0 saturated heterocycles. The minimum atomic E-state index is -1.53. The number of nitrogens with two attached hydrogens (primary N) is 1. The third-order valence-corrected chi connectivity index (χ3v) is 29.6. The summed E-state index contributed by atoms with van der Waals surface area (Å²) < 4.78 is 34.2. The Bertz CT molecular complexity index is 3400. The lowest BCUT2D eigenvalue weighted by atomic mass is 9.43. The van der Waals surface area contributed by atoms with Crippen molar-refractivity contribution >= 4 is 70.9 Å². The molecular formula is C83H121NO25. The van der Waals surface area contributed by atoms with Gasteiger partial charge in [0.25, 0.3) is 0 Å². The molecule has 28 atom stereocenters. The first-order valence-electron chi connectivity index (χ1n) is 39.2. The van der Waals surface area contributed by atoms with Gasteiger partial charge in [0.2, 0.25) is 0 Å². The number of quaternary nitrogens is 1. The van der Waals surface area contributed by atoms with Crippen LogP contribution in [0.2, 0.25) is 0 Å². The van der Waals surface area contributed by atoms with Gasteiger partial charge in [0, 0.05) is 81.0 Å². The molecule has 0 amide bonds. The molecule has 10 aliphatic rings. The summed E-state index contributed by atoms with van der Waals surface area (Å²) in [5.74, 6) is -8.61. The maximum atomic E-state index is 14.2. The number of aliphatic carboxylic acids is 2. The topological polar surface area (TPSA) is 421 Å². The third-order valence-electron chi connectivity index (χ3n) is 29.6. The predicted molar refractivity (Wildman–Crippen MR) is 389 cm³/mol. The van der Waals surface area contributed by atoms with Crippen molar-refractivity contribution in [2.75, 3.05) is 33.4 Å². The lowest BCUT2D eigenvalue weighted by Gasteiger charge is -2.61. The van der Waals surface area contributed by atoms with Crippen molar-refractivity contribution in [3.05, 3.63) is 48.6 Å². The van der Waals surface area contributed by atoms with Crippen LogP contribution in [0.4, 0.5) is 0 Å². The standard InChI is InChI=1S/2C38H52O10.C7H17NO5/c2*1-20(18-46-24(5)39)21(2)33(45)34(48-31(44)12-11-30(42)43)23(4)32-28(47-25(6)40)17-36(8)29-10-9-26-22(3)27(41)13-14-37(26)19-38(29,37)16-15-35(32,36)7;1-8-2-4(10)6(12)7(13)5(11)3-9/h2*13-14,20,22-23,26,28-29,32,34H,2,9-12,15-19H2,1,3-8H3,(H,42,43);4-13H,2-3H2,1H3/t2*20-,22-,23-,26?,28-,29?,32-,34+,35+,36-,37+,38-;4-,5+,6+,7+/m000/s1. The number of carbonyl (C=O) groups is 12. The Morgan fingerprint density at radius 2 is 0.936 bits per heavy atom. The quantitative estimate of drug-likeness (QED) is 0.0261. The number of carbonyl (C=O) groups excluding carboxylic acids is 11. The summed E-state index contributed by atoms with van der Waals surface area (Å²) in [6, 6.07) is 0. The van der Waals surface area contributed by atoms with E-state index in [0.29, 0.717) is 36.5 Å². The first kappa shape index (κ1) is 87.7. The molecule has 4 spiro atoms. The van der Waals surface area contributed by atoms with Crippen molar-refractivity contribution in [1.82, 2.24) is 0 Å². The molecule has 109 heavy (non-hydrogen) atoms. The molecule has 4 unspecified atom stereocenters. The number of hydrogen-bond donors (Lipinski definition) is 7. The van der Waals surface area contributed by atoms with Gasteiger partial charge in [-0.3, -0.25) is 52.7 Å². The van der Waals surface area contributed by atoms with E-state index in [4.69, 9.17) is 43.7 Å². The van der Waals surface area contributed by atoms with Crippen LogP contribution in [0.5, 0.6) is 0 Å². The number of fused-ring (bicyclic) bond motifs is 4. The van der Waals surface area contributed by atoms with E-state index in [0.717, 1.165) is 64.2 Å². The van der Waals surface area contributed by atoms with Crippen molar-refractivity contribution in [2.24, 2.45) is 114 Å². The van der Waals surface area contributed by atoms with E-state index in [1.54, 1.807) is 38.4 Å². The van der Waals surface area contributed by atoms with Crippen LogP contribution in [0.3, 0.4) is 0 Å². The minimum Gasteiger partial charge on any atom is -0.550 e. The number of esters is 6. The number of hydrogen-bond acceptors (Lipinski definition) is 24. The summed E-state index contributed by atoms with van der Waals surface area (Å²) in [7, 11) is 1.70. The molecule has 10 rings (SSSR count). The van der Waals surface area contributed by atoms with Crippen LogP contribution in [0.25, 0.3) is 0 Å². The Hall–Kier alpha value is -6.84. The Kier molecular flexibility index (Phi) is 26.9. The first-order valence-corrected chi connectivity index (χ1v) is 39.2. The van der Waals surface area contributed by atoms with Gasteiger partial charge in [-0.15, -0.1) is 0 Å². The number of likely N-dealkylation sites (N-methyl/N-ethyl adjacent to an activating group) is 1. The van der Waals surface area contributed by atoms with Crippen LogP contribution in [0.1, 0.15) is 200 Å². The van der Waals surface area contributed by atoms with Crippen molar-refractivity contribution in [1.29, 1.82) is 0 Å². The zero-order valence-corrected chi connectivity index (χ0v) is 66.4. The Morgan fingerprint density at radius 3 is 1.28 bits per heavy atom. The summed E-state index contributed by atoms with van der Waals surface area (Å²) in [4.78, 5) is 150. The Labute approximate surface area is 640 Å². The maximum absolute atomic E-state index is 14.2. The van der Waals surface area contributed by atoms with Crippen molar-refractivity contribution in [2.45, 2.75) is 248 Å². The molecule has 8 N–H and O–H groups in total. The van der Waals surface area contributed by atoms with Crippen LogP contribution in [-0.2, 0) is 86.0 Å². The molecule has 26 heteroatoms. The average molecular weight is 1530 g/mol. The molecule has 10 aliphatic carbocycles. The fourth-order valence-electron chi connectivity index (χ4n) is 23.8. The van der Waals surface area contributed by atoms with Crippen LogP contribution in [0, 0.1) is 114 Å². The molecule has 8 fully saturated rings. The van der Waals surface area contributed by atoms with Crippen LogP contribution in [-0.4, -0.2) is 184 Å². The number of ether oxygens (including phenoxy) is 6. The second-order valence-corrected chi connectivity index (χ2v) is 35.1. The fourth-order valence-corrected chi connectivity index (χ4v) is 23.8. The summed E-state index contributed by atoms with van der Waals surface area (Å²) in [5.41, 5.74) is -1.03. The fraction of sp³-hybridized carbons (Fsp3) is 0.759. The number of carboxylic acid groups (broad SMARTS) is 2. The average Bonchev–Trinajstić information content (AvgIpc) is 1.47. The second kappa shape index (κ2) is 33.5. The number of aliphatic hydroxyl groups excluding tert-OH is 5. The van der Waals surface area contributed by atoms with E-state index >= 15 is 0 Å². The van der Waals surface area contributed by atoms with Gasteiger partial charge in [0.1, 0.15) is 43.2 Å². The monoisotopic (exact) mass is 1530 g/mol. The van der Waals surface area contributed by atoms with Crippen molar-refractivity contribution in [3.63, 3.8) is 0 Å². The number of Topliss-reactive ketones (excluding diaryl/α,β-unsaturated/α-hetero) is 2.